The second-order valence-electron chi connectivity index (χ2n) is 6.19. The molecule has 0 radical (unpaired) electrons. The second-order valence-corrected chi connectivity index (χ2v) is 6.19. The molecule has 0 atom stereocenters. The minimum absolute atomic E-state index is 0.115. The number of hydrogen-bond donors (Lipinski definition) is 2. The number of carbonyl (C=O) groups is 1. The highest BCUT2D eigenvalue weighted by molar-refractivity contribution is 5.93. The Morgan fingerprint density at radius 2 is 1.80 bits per heavy atom. The van der Waals surface area contributed by atoms with E-state index < -0.39 is 0 Å². The number of rotatable bonds is 9. The molecule has 0 aliphatic rings. The van der Waals surface area contributed by atoms with E-state index >= 15 is 0 Å². The molecule has 5 nitrogen and oxygen atoms in total. The van der Waals surface area contributed by atoms with Crippen LogP contribution >= 0.6 is 0 Å². The Labute approximate surface area is 149 Å². The normalized spacial score (nSPS) is 10.4. The van der Waals surface area contributed by atoms with Gasteiger partial charge in [0.15, 0.2) is 0 Å². The lowest BCUT2D eigenvalue weighted by Gasteiger charge is -2.10. The summed E-state index contributed by atoms with van der Waals surface area (Å²) in [5.74, 6) is 2.07. The molecule has 2 N–H and O–H groups in total. The van der Waals surface area contributed by atoms with Crippen molar-refractivity contribution in [1.29, 1.82) is 0 Å². The fourth-order valence-electron chi connectivity index (χ4n) is 2.17. The van der Waals surface area contributed by atoms with E-state index in [4.69, 9.17) is 9.47 Å². The standard InChI is InChI=1S/C20H26N2O3/c1-15(2)11-12-25-18-9-7-16(8-10-18)22-20(23)14-21-17-5-4-6-19(13-17)24-3/h4-10,13,15,21H,11-12,14H2,1-3H3,(H,22,23). The van der Waals surface area contributed by atoms with Gasteiger partial charge in [-0.25, -0.2) is 0 Å². The molecule has 0 saturated heterocycles. The number of nitrogens with one attached hydrogen (secondary N) is 2. The summed E-state index contributed by atoms with van der Waals surface area (Å²) in [6, 6.07) is 14.9. The zero-order valence-electron chi connectivity index (χ0n) is 15.0. The molecule has 0 unspecified atom stereocenters. The Morgan fingerprint density at radius 1 is 1.04 bits per heavy atom. The molecule has 25 heavy (non-hydrogen) atoms. The summed E-state index contributed by atoms with van der Waals surface area (Å²) in [6.45, 7) is 5.22. The predicted molar refractivity (Wildman–Crippen MR) is 102 cm³/mol. The molecular formula is C20H26N2O3. The average molecular weight is 342 g/mol. The maximum Gasteiger partial charge on any atom is 0.243 e. The number of anilines is 2. The fourth-order valence-corrected chi connectivity index (χ4v) is 2.17. The van der Waals surface area contributed by atoms with Crippen molar-refractivity contribution in [2.75, 3.05) is 30.9 Å². The van der Waals surface area contributed by atoms with E-state index in [0.29, 0.717) is 12.5 Å². The minimum atomic E-state index is -0.115. The predicted octanol–water partition coefficient (Wildman–Crippen LogP) is 4.17. The summed E-state index contributed by atoms with van der Waals surface area (Å²) >= 11 is 0. The lowest BCUT2D eigenvalue weighted by atomic mass is 10.1. The molecule has 2 rings (SSSR count). The van der Waals surface area contributed by atoms with Gasteiger partial charge < -0.3 is 20.1 Å². The minimum Gasteiger partial charge on any atom is -0.497 e. The molecule has 2 aromatic carbocycles. The first-order chi connectivity index (χ1) is 12.1. The van der Waals surface area contributed by atoms with E-state index in [1.54, 1.807) is 7.11 Å². The van der Waals surface area contributed by atoms with Crippen LogP contribution < -0.4 is 20.1 Å². The molecule has 2 aromatic rings. The number of methoxy groups -OCH3 is 1. The van der Waals surface area contributed by atoms with Gasteiger partial charge in [-0.05, 0) is 48.7 Å². The molecule has 0 fully saturated rings. The van der Waals surface area contributed by atoms with Crippen molar-refractivity contribution in [3.63, 3.8) is 0 Å². The largest absolute Gasteiger partial charge is 0.497 e. The monoisotopic (exact) mass is 342 g/mol. The Kier molecular flexibility index (Phi) is 7.14. The maximum absolute atomic E-state index is 12.0. The number of ether oxygens (including phenoxy) is 2. The molecule has 0 aliphatic heterocycles. The lowest BCUT2D eigenvalue weighted by molar-refractivity contribution is -0.114. The van der Waals surface area contributed by atoms with Crippen molar-refractivity contribution in [3.8, 4) is 11.5 Å². The van der Waals surface area contributed by atoms with Crippen LogP contribution in [0, 0.1) is 5.92 Å². The van der Waals surface area contributed by atoms with Gasteiger partial charge in [0, 0.05) is 17.4 Å². The van der Waals surface area contributed by atoms with Crippen molar-refractivity contribution < 1.29 is 14.3 Å². The molecule has 134 valence electrons. The molecular weight excluding hydrogens is 316 g/mol. The summed E-state index contributed by atoms with van der Waals surface area (Å²) in [4.78, 5) is 12.0. The first kappa shape index (κ1) is 18.6. The van der Waals surface area contributed by atoms with Gasteiger partial charge in [-0.1, -0.05) is 19.9 Å². The maximum atomic E-state index is 12.0. The van der Waals surface area contributed by atoms with E-state index in [9.17, 15) is 4.79 Å². The summed E-state index contributed by atoms with van der Waals surface area (Å²) < 4.78 is 10.8. The van der Waals surface area contributed by atoms with Crippen molar-refractivity contribution >= 4 is 17.3 Å². The summed E-state index contributed by atoms with van der Waals surface area (Å²) in [5.41, 5.74) is 1.58. The van der Waals surface area contributed by atoms with Crippen LogP contribution in [0.3, 0.4) is 0 Å². The Bertz CT molecular complexity index is 669. The fraction of sp³-hybridized carbons (Fsp3) is 0.350. The number of amides is 1. The van der Waals surface area contributed by atoms with Gasteiger partial charge in [-0.3, -0.25) is 4.79 Å². The van der Waals surface area contributed by atoms with E-state index in [1.807, 2.05) is 48.5 Å². The highest BCUT2D eigenvalue weighted by Crippen LogP contribution is 2.18. The lowest BCUT2D eigenvalue weighted by Crippen LogP contribution is -2.21. The van der Waals surface area contributed by atoms with Crippen LogP contribution in [0.2, 0.25) is 0 Å². The SMILES string of the molecule is COc1cccc(NCC(=O)Nc2ccc(OCCC(C)C)cc2)c1. The van der Waals surface area contributed by atoms with Crippen LogP contribution in [-0.2, 0) is 4.79 Å². The van der Waals surface area contributed by atoms with E-state index in [1.165, 1.54) is 0 Å². The van der Waals surface area contributed by atoms with Crippen molar-refractivity contribution in [2.45, 2.75) is 20.3 Å². The van der Waals surface area contributed by atoms with E-state index in [-0.39, 0.29) is 12.5 Å². The average Bonchev–Trinajstić information content (AvgIpc) is 2.61. The first-order valence-electron chi connectivity index (χ1n) is 8.47. The summed E-state index contributed by atoms with van der Waals surface area (Å²) in [5, 5.41) is 5.93. The zero-order valence-corrected chi connectivity index (χ0v) is 15.0. The van der Waals surface area contributed by atoms with E-state index in [0.717, 1.165) is 29.3 Å². The van der Waals surface area contributed by atoms with Crippen molar-refractivity contribution in [2.24, 2.45) is 5.92 Å². The van der Waals surface area contributed by atoms with Gasteiger partial charge in [0.1, 0.15) is 11.5 Å². The molecule has 0 aromatic heterocycles. The molecule has 5 heteroatoms. The summed E-state index contributed by atoms with van der Waals surface area (Å²) in [6.07, 6.45) is 1.02. The first-order valence-corrected chi connectivity index (χ1v) is 8.47. The number of hydrogen-bond acceptors (Lipinski definition) is 4. The Hall–Kier alpha value is -2.69. The van der Waals surface area contributed by atoms with Gasteiger partial charge in [-0.2, -0.15) is 0 Å². The van der Waals surface area contributed by atoms with Gasteiger partial charge in [0.25, 0.3) is 0 Å². The van der Waals surface area contributed by atoms with Gasteiger partial charge in [0.2, 0.25) is 5.91 Å². The van der Waals surface area contributed by atoms with Crippen LogP contribution in [0.15, 0.2) is 48.5 Å². The van der Waals surface area contributed by atoms with Crippen LogP contribution in [0.1, 0.15) is 20.3 Å². The van der Waals surface area contributed by atoms with Crippen LogP contribution in [0.4, 0.5) is 11.4 Å². The quantitative estimate of drug-likeness (QED) is 0.718. The molecule has 0 aliphatic carbocycles. The molecule has 1 amide bonds. The van der Waals surface area contributed by atoms with Gasteiger partial charge in [-0.15, -0.1) is 0 Å². The molecule has 0 bridgehead atoms. The third-order valence-electron chi connectivity index (χ3n) is 3.62. The van der Waals surface area contributed by atoms with Gasteiger partial charge >= 0.3 is 0 Å². The van der Waals surface area contributed by atoms with E-state index in [2.05, 4.69) is 24.5 Å². The molecule has 0 saturated carbocycles. The van der Waals surface area contributed by atoms with Crippen molar-refractivity contribution in [3.05, 3.63) is 48.5 Å². The smallest absolute Gasteiger partial charge is 0.243 e. The zero-order chi connectivity index (χ0) is 18.1. The van der Waals surface area contributed by atoms with Gasteiger partial charge in [0.05, 0.1) is 20.3 Å². The Balaban J connectivity index is 1.78. The number of benzene rings is 2. The van der Waals surface area contributed by atoms with Crippen LogP contribution in [0.5, 0.6) is 11.5 Å². The third-order valence-corrected chi connectivity index (χ3v) is 3.62. The van der Waals surface area contributed by atoms with Crippen molar-refractivity contribution in [1.82, 2.24) is 0 Å². The van der Waals surface area contributed by atoms with Crippen LogP contribution in [-0.4, -0.2) is 26.2 Å². The third kappa shape index (κ3) is 6.75. The molecule has 0 heterocycles. The second kappa shape index (κ2) is 9.57. The Morgan fingerprint density at radius 3 is 2.48 bits per heavy atom. The molecule has 0 spiro atoms. The number of carbonyl (C=O) groups excluding carboxylic acids is 1. The summed E-state index contributed by atoms with van der Waals surface area (Å²) in [7, 11) is 1.61. The van der Waals surface area contributed by atoms with Crippen LogP contribution in [0.25, 0.3) is 0 Å². The highest BCUT2D eigenvalue weighted by atomic mass is 16.5. The topological polar surface area (TPSA) is 59.6 Å². The highest BCUT2D eigenvalue weighted by Gasteiger charge is 2.04.